The lowest BCUT2D eigenvalue weighted by atomic mass is 10.1. The smallest absolute Gasteiger partial charge is 0.270 e. The van der Waals surface area contributed by atoms with Crippen LogP contribution in [0.25, 0.3) is 10.9 Å². The summed E-state index contributed by atoms with van der Waals surface area (Å²) >= 11 is 0. The van der Waals surface area contributed by atoms with Crippen molar-refractivity contribution in [2.24, 2.45) is 0 Å². The van der Waals surface area contributed by atoms with Crippen LogP contribution in [0.15, 0.2) is 47.5 Å². The van der Waals surface area contributed by atoms with E-state index in [4.69, 9.17) is 0 Å². The maximum absolute atomic E-state index is 13.3. The van der Waals surface area contributed by atoms with E-state index < -0.39 is 16.4 Å². The van der Waals surface area contributed by atoms with Crippen LogP contribution in [-0.2, 0) is 17.9 Å². The topological polar surface area (TPSA) is 107 Å². The third-order valence-corrected chi connectivity index (χ3v) is 4.04. The fourth-order valence-electron chi connectivity index (χ4n) is 2.60. The second-order valence-electron chi connectivity index (χ2n) is 6.00. The normalized spacial score (nSPS) is 10.7. The summed E-state index contributed by atoms with van der Waals surface area (Å²) in [7, 11) is 0. The van der Waals surface area contributed by atoms with Crippen molar-refractivity contribution in [3.05, 3.63) is 80.1 Å². The number of fused-ring (bicyclic) bond motifs is 1. The molecule has 0 saturated heterocycles. The number of aromatic nitrogens is 2. The molecule has 0 saturated carbocycles. The van der Waals surface area contributed by atoms with Crippen molar-refractivity contribution in [2.75, 3.05) is 0 Å². The van der Waals surface area contributed by atoms with Crippen LogP contribution < -0.4 is 10.9 Å². The summed E-state index contributed by atoms with van der Waals surface area (Å²) in [6.45, 7) is 1.52. The van der Waals surface area contributed by atoms with Gasteiger partial charge in [-0.2, -0.15) is 0 Å². The zero-order valence-corrected chi connectivity index (χ0v) is 14.3. The Kier molecular flexibility index (Phi) is 4.93. The van der Waals surface area contributed by atoms with Gasteiger partial charge in [-0.1, -0.05) is 12.1 Å². The van der Waals surface area contributed by atoms with Crippen molar-refractivity contribution in [3.8, 4) is 0 Å². The molecule has 3 rings (SSSR count). The molecule has 0 unspecified atom stereocenters. The van der Waals surface area contributed by atoms with Crippen molar-refractivity contribution in [1.29, 1.82) is 0 Å². The molecule has 0 aliphatic rings. The second-order valence-corrected chi connectivity index (χ2v) is 6.00. The summed E-state index contributed by atoms with van der Waals surface area (Å²) in [5.41, 5.74) is 0.732. The Morgan fingerprint density at radius 2 is 2.07 bits per heavy atom. The number of rotatable bonds is 5. The number of nitro benzene ring substituents is 1. The molecule has 8 nitrogen and oxygen atoms in total. The second kappa shape index (κ2) is 7.32. The Morgan fingerprint density at radius 1 is 1.30 bits per heavy atom. The van der Waals surface area contributed by atoms with Crippen LogP contribution in [0, 0.1) is 22.9 Å². The van der Waals surface area contributed by atoms with E-state index in [1.54, 1.807) is 19.1 Å². The third kappa shape index (κ3) is 3.97. The molecule has 0 aliphatic carbocycles. The van der Waals surface area contributed by atoms with Gasteiger partial charge < -0.3 is 5.32 Å². The van der Waals surface area contributed by atoms with Gasteiger partial charge in [0.05, 0.1) is 22.2 Å². The molecule has 9 heteroatoms. The van der Waals surface area contributed by atoms with Crippen molar-refractivity contribution >= 4 is 22.5 Å². The number of hydrogen-bond acceptors (Lipinski definition) is 5. The molecule has 1 amide bonds. The van der Waals surface area contributed by atoms with Crippen LogP contribution in [0.5, 0.6) is 0 Å². The number of carbonyl (C=O) groups is 1. The van der Waals surface area contributed by atoms with Gasteiger partial charge >= 0.3 is 0 Å². The van der Waals surface area contributed by atoms with Crippen molar-refractivity contribution in [2.45, 2.75) is 20.0 Å². The van der Waals surface area contributed by atoms with Crippen LogP contribution in [0.1, 0.15) is 11.1 Å². The van der Waals surface area contributed by atoms with Gasteiger partial charge in [0.15, 0.2) is 0 Å². The number of amides is 1. The predicted molar refractivity (Wildman–Crippen MR) is 95.6 cm³/mol. The Balaban J connectivity index is 1.76. The summed E-state index contributed by atoms with van der Waals surface area (Å²) < 4.78 is 14.3. The highest BCUT2D eigenvalue weighted by molar-refractivity contribution is 5.80. The van der Waals surface area contributed by atoms with E-state index in [-0.39, 0.29) is 30.0 Å². The third-order valence-electron chi connectivity index (χ3n) is 4.04. The first-order chi connectivity index (χ1) is 12.8. The molecule has 1 N–H and O–H groups in total. The number of hydrogen-bond donors (Lipinski definition) is 1. The first kappa shape index (κ1) is 18.2. The lowest BCUT2D eigenvalue weighted by molar-refractivity contribution is -0.384. The number of aryl methyl sites for hydroxylation is 1. The van der Waals surface area contributed by atoms with Crippen LogP contribution in [0.4, 0.5) is 10.1 Å². The maximum atomic E-state index is 13.3. The first-order valence-corrected chi connectivity index (χ1v) is 8.00. The Bertz CT molecular complexity index is 1110. The van der Waals surface area contributed by atoms with Crippen molar-refractivity contribution in [3.63, 3.8) is 0 Å². The molecular formula is C18H15FN4O4. The van der Waals surface area contributed by atoms with Gasteiger partial charge in [0.2, 0.25) is 5.91 Å². The zero-order chi connectivity index (χ0) is 19.6. The standard InChI is InChI=1S/C18H15FN4O4/c1-11-6-12(2-4-15(11)19)8-20-17(24)9-22-10-21-16-5-3-13(23(26)27)7-14(16)18(22)25/h2-7,10H,8-9H2,1H3,(H,20,24). The highest BCUT2D eigenvalue weighted by Gasteiger charge is 2.12. The van der Waals surface area contributed by atoms with Gasteiger partial charge in [0.1, 0.15) is 12.4 Å². The van der Waals surface area contributed by atoms with E-state index in [2.05, 4.69) is 10.3 Å². The molecule has 0 radical (unpaired) electrons. The van der Waals surface area contributed by atoms with E-state index in [9.17, 15) is 24.1 Å². The average Bonchev–Trinajstić information content (AvgIpc) is 2.64. The first-order valence-electron chi connectivity index (χ1n) is 8.00. The van der Waals surface area contributed by atoms with Crippen LogP contribution in [-0.4, -0.2) is 20.4 Å². The fourth-order valence-corrected chi connectivity index (χ4v) is 2.60. The number of halogens is 1. The molecule has 0 atom stereocenters. The number of nitrogens with zero attached hydrogens (tertiary/aromatic N) is 3. The molecule has 0 fully saturated rings. The van der Waals surface area contributed by atoms with Gasteiger partial charge in [0.25, 0.3) is 11.2 Å². The Morgan fingerprint density at radius 3 is 2.78 bits per heavy atom. The lowest BCUT2D eigenvalue weighted by Crippen LogP contribution is -2.32. The van der Waals surface area contributed by atoms with Crippen LogP contribution in [0.2, 0.25) is 0 Å². The van der Waals surface area contributed by atoms with Crippen LogP contribution in [0.3, 0.4) is 0 Å². The largest absolute Gasteiger partial charge is 0.350 e. The van der Waals surface area contributed by atoms with Gasteiger partial charge in [-0.15, -0.1) is 0 Å². The van der Waals surface area contributed by atoms with Gasteiger partial charge in [-0.25, -0.2) is 9.37 Å². The van der Waals surface area contributed by atoms with E-state index in [1.807, 2.05) is 0 Å². The number of carbonyl (C=O) groups excluding carboxylic acids is 1. The average molecular weight is 370 g/mol. The summed E-state index contributed by atoms with van der Waals surface area (Å²) in [6, 6.07) is 8.29. The molecule has 0 bridgehead atoms. The number of nitro groups is 1. The molecule has 2 aromatic carbocycles. The minimum Gasteiger partial charge on any atom is -0.350 e. The highest BCUT2D eigenvalue weighted by atomic mass is 19.1. The van der Waals surface area contributed by atoms with E-state index in [1.165, 1.54) is 24.5 Å². The Hall–Kier alpha value is -3.62. The summed E-state index contributed by atoms with van der Waals surface area (Å²) in [4.78, 5) is 38.9. The molecule has 1 heterocycles. The molecule has 27 heavy (non-hydrogen) atoms. The van der Waals surface area contributed by atoms with Crippen molar-refractivity contribution < 1.29 is 14.1 Å². The van der Waals surface area contributed by atoms with Gasteiger partial charge in [-0.3, -0.25) is 24.3 Å². The summed E-state index contributed by atoms with van der Waals surface area (Å²) in [6.07, 6.45) is 1.22. The number of non-ortho nitro benzene ring substituents is 1. The monoisotopic (exact) mass is 370 g/mol. The molecular weight excluding hydrogens is 355 g/mol. The van der Waals surface area contributed by atoms with E-state index in [0.717, 1.165) is 16.2 Å². The quantitative estimate of drug-likeness (QED) is 0.546. The molecule has 0 aliphatic heterocycles. The fraction of sp³-hybridized carbons (Fsp3) is 0.167. The number of benzene rings is 2. The lowest BCUT2D eigenvalue weighted by Gasteiger charge is -2.09. The Labute approximate surface area is 152 Å². The highest BCUT2D eigenvalue weighted by Crippen LogP contribution is 2.16. The minimum absolute atomic E-state index is 0.0636. The summed E-state index contributed by atoms with van der Waals surface area (Å²) in [5.74, 6) is -0.765. The molecule has 3 aromatic rings. The van der Waals surface area contributed by atoms with E-state index >= 15 is 0 Å². The zero-order valence-electron chi connectivity index (χ0n) is 14.3. The molecule has 0 spiro atoms. The number of nitrogens with one attached hydrogen (secondary N) is 1. The van der Waals surface area contributed by atoms with Crippen LogP contribution >= 0.6 is 0 Å². The predicted octanol–water partition coefficient (Wildman–Crippen LogP) is 2.07. The van der Waals surface area contributed by atoms with Gasteiger partial charge in [0, 0.05) is 18.7 Å². The molecule has 1 aromatic heterocycles. The van der Waals surface area contributed by atoms with Crippen molar-refractivity contribution in [1.82, 2.24) is 14.9 Å². The maximum Gasteiger partial charge on any atom is 0.270 e. The van der Waals surface area contributed by atoms with E-state index in [0.29, 0.717) is 11.1 Å². The van der Waals surface area contributed by atoms with Gasteiger partial charge in [-0.05, 0) is 30.2 Å². The minimum atomic E-state index is -0.604. The molecule has 138 valence electrons. The SMILES string of the molecule is Cc1cc(CNC(=O)Cn2cnc3ccc([N+](=O)[O-])cc3c2=O)ccc1F. The summed E-state index contributed by atoms with van der Waals surface area (Å²) in [5, 5.41) is 13.6.